The van der Waals surface area contributed by atoms with Crippen molar-refractivity contribution in [2.45, 2.75) is 19.5 Å². The fraction of sp³-hybridized carbons (Fsp3) is 0.0638. The Balaban J connectivity index is 1.21. The van der Waals surface area contributed by atoms with Crippen molar-refractivity contribution in [1.82, 2.24) is 9.25 Å². The highest BCUT2D eigenvalue weighted by molar-refractivity contribution is 6.08. The van der Waals surface area contributed by atoms with Crippen molar-refractivity contribution < 1.29 is 14.0 Å². The highest BCUT2D eigenvalue weighted by atomic mass is 16.5. The van der Waals surface area contributed by atoms with E-state index in [9.17, 15) is 0 Å². The van der Waals surface area contributed by atoms with E-state index in [1.165, 1.54) is 83.8 Å². The van der Waals surface area contributed by atoms with E-state index in [4.69, 9.17) is 4.74 Å². The van der Waals surface area contributed by atoms with E-state index in [0.29, 0.717) is 0 Å². The van der Waals surface area contributed by atoms with Crippen LogP contribution in [0, 0.1) is 13.8 Å². The lowest BCUT2D eigenvalue weighted by molar-refractivity contribution is -0.989. The number of hydrogen-bond donors (Lipinski definition) is 0. The van der Waals surface area contributed by atoms with E-state index in [0.717, 1.165) is 22.9 Å². The zero-order chi connectivity index (χ0) is 34.7. The molecule has 0 fully saturated rings. The van der Waals surface area contributed by atoms with Gasteiger partial charge < -0.3 is 9.64 Å². The quantitative estimate of drug-likeness (QED) is 0.170. The molecule has 1 unspecified atom stereocenters. The van der Waals surface area contributed by atoms with E-state index < -0.39 is 5.66 Å². The molecular weight excluding hydrogens is 651 g/mol. The topological polar surface area (TPSA) is 30.1 Å². The average molecular weight is 682 g/mol. The van der Waals surface area contributed by atoms with Gasteiger partial charge >= 0.3 is 11.3 Å². The first-order chi connectivity index (χ1) is 26.2. The lowest BCUT2D eigenvalue weighted by Gasteiger charge is -2.42. The number of para-hydroxylation sites is 3. The molecule has 0 N–H and O–H groups in total. The molecule has 9 aromatic rings. The summed E-state index contributed by atoms with van der Waals surface area (Å²) in [7, 11) is 0. The summed E-state index contributed by atoms with van der Waals surface area (Å²) in [6, 6.07) is 52.8. The average Bonchev–Trinajstić information content (AvgIpc) is 3.81. The van der Waals surface area contributed by atoms with Gasteiger partial charge in [0.2, 0.25) is 5.69 Å². The maximum absolute atomic E-state index is 6.84. The predicted octanol–water partition coefficient (Wildman–Crippen LogP) is 9.91. The Kier molecular flexibility index (Phi) is 4.87. The Morgan fingerprint density at radius 1 is 0.547 bits per heavy atom. The summed E-state index contributed by atoms with van der Waals surface area (Å²) >= 11 is 0. The first-order valence-electron chi connectivity index (χ1n) is 18.3. The Bertz CT molecular complexity index is 3120. The molecule has 6 aromatic carbocycles. The molecule has 0 saturated carbocycles. The van der Waals surface area contributed by atoms with Gasteiger partial charge in [0.05, 0.1) is 34.2 Å². The van der Waals surface area contributed by atoms with Crippen LogP contribution in [0.25, 0.3) is 55.6 Å². The third-order valence-corrected chi connectivity index (χ3v) is 12.2. The first kappa shape index (κ1) is 27.8. The van der Waals surface area contributed by atoms with E-state index in [2.05, 4.69) is 189 Å². The second kappa shape index (κ2) is 9.29. The van der Waals surface area contributed by atoms with Crippen LogP contribution in [0.2, 0.25) is 0 Å². The Morgan fingerprint density at radius 2 is 1.26 bits per heavy atom. The van der Waals surface area contributed by atoms with Gasteiger partial charge in [-0.15, -0.1) is 4.68 Å². The van der Waals surface area contributed by atoms with Crippen LogP contribution >= 0.6 is 0 Å². The van der Waals surface area contributed by atoms with Crippen LogP contribution in [0.5, 0.6) is 11.5 Å². The van der Waals surface area contributed by atoms with E-state index in [-0.39, 0.29) is 0 Å². The number of nitrogens with zero attached hydrogens (tertiary/aromatic N) is 5. The number of hydrogen-bond acceptors (Lipinski definition) is 2. The van der Waals surface area contributed by atoms with E-state index in [1.54, 1.807) is 0 Å². The molecule has 6 heteroatoms. The third-order valence-electron chi connectivity index (χ3n) is 12.2. The third kappa shape index (κ3) is 3.03. The van der Waals surface area contributed by atoms with E-state index >= 15 is 0 Å². The van der Waals surface area contributed by atoms with Gasteiger partial charge in [0.1, 0.15) is 22.5 Å². The molecule has 0 amide bonds. The van der Waals surface area contributed by atoms with Crippen LogP contribution < -0.4 is 18.9 Å². The normalized spacial score (nSPS) is 16.3. The maximum Gasteiger partial charge on any atom is 0.394 e. The smallest absolute Gasteiger partial charge is 0.394 e. The van der Waals surface area contributed by atoms with Crippen LogP contribution in [0.1, 0.15) is 22.5 Å². The summed E-state index contributed by atoms with van der Waals surface area (Å²) in [5.74, 6) is 1.73. The number of ether oxygens (including phenoxy) is 1. The Labute approximate surface area is 305 Å². The highest BCUT2D eigenvalue weighted by Gasteiger charge is 2.70. The number of aromatic nitrogens is 4. The monoisotopic (exact) mass is 681 g/mol. The molecule has 6 nitrogen and oxygen atoms in total. The highest BCUT2D eigenvalue weighted by Crippen LogP contribution is 2.63. The van der Waals surface area contributed by atoms with Crippen LogP contribution in [0.3, 0.4) is 0 Å². The summed E-state index contributed by atoms with van der Waals surface area (Å²) in [4.78, 5) is 2.46. The van der Waals surface area contributed by atoms with Crippen molar-refractivity contribution >= 4 is 39.0 Å². The number of pyridine rings is 1. The van der Waals surface area contributed by atoms with Crippen LogP contribution in [0.4, 0.5) is 17.1 Å². The van der Waals surface area contributed by atoms with Crippen molar-refractivity contribution in [1.29, 1.82) is 0 Å². The molecule has 0 bridgehead atoms. The SMILES string of the molecule is Cc1c(-c2ccc(-c3ccccc3)cc2)c(C)[n+]2n1-c1cccc3c1C21c2c(ccc4c2N3c2ccccc2O4)-n2c3ccccc3c3ccc[n+]1c32. The minimum atomic E-state index is -0.750. The summed E-state index contributed by atoms with van der Waals surface area (Å²) in [5.41, 5.74) is 17.1. The number of anilines is 3. The first-order valence-corrected chi connectivity index (χ1v) is 18.3. The molecule has 3 aromatic heterocycles. The van der Waals surface area contributed by atoms with Gasteiger partial charge in [0, 0.05) is 12.3 Å². The predicted molar refractivity (Wildman–Crippen MR) is 207 cm³/mol. The summed E-state index contributed by atoms with van der Waals surface area (Å²) < 4.78 is 17.0. The lowest BCUT2D eigenvalue weighted by atomic mass is 9.80. The van der Waals surface area contributed by atoms with Gasteiger partial charge in [-0.05, 0) is 84.3 Å². The number of rotatable bonds is 2. The van der Waals surface area contributed by atoms with Gasteiger partial charge in [-0.25, -0.2) is 0 Å². The molecule has 248 valence electrons. The molecule has 53 heavy (non-hydrogen) atoms. The summed E-state index contributed by atoms with van der Waals surface area (Å²) in [6.45, 7) is 4.59. The van der Waals surface area contributed by atoms with E-state index in [1.807, 2.05) is 0 Å². The van der Waals surface area contributed by atoms with Gasteiger partial charge in [-0.1, -0.05) is 89.6 Å². The molecule has 4 aliphatic rings. The summed E-state index contributed by atoms with van der Waals surface area (Å²) in [6.07, 6.45) is 2.30. The summed E-state index contributed by atoms with van der Waals surface area (Å²) in [5, 5.41) is 2.48. The molecule has 0 saturated heterocycles. The van der Waals surface area contributed by atoms with Gasteiger partial charge in [-0.3, -0.25) is 0 Å². The molecule has 7 heterocycles. The van der Waals surface area contributed by atoms with Crippen LogP contribution in [0.15, 0.2) is 152 Å². The fourth-order valence-corrected chi connectivity index (χ4v) is 10.3. The number of benzene rings is 6. The number of fused-ring (bicyclic) bond motifs is 9. The molecule has 13 rings (SSSR count). The molecule has 4 aliphatic heterocycles. The molecule has 1 atom stereocenters. The van der Waals surface area contributed by atoms with Crippen molar-refractivity contribution in [2.75, 3.05) is 4.90 Å². The molecule has 0 aliphatic carbocycles. The standard InChI is InChI=1S/C47H31N5O/c1-28-42(32-23-21-31(22-24-32)30-12-4-3-5-13-30)29(2)52-47-43-37(18-10-19-39(43)51(28)52)49-36-17-8-9-20-40(36)53-41-26-25-38(44(47)45(41)49)50-35-16-7-6-14-33(35)34-15-11-27-48(47)46(34)50/h3-27H,1-2H3/q+2. The maximum atomic E-state index is 6.84. The largest absolute Gasteiger partial charge is 0.453 e. The van der Waals surface area contributed by atoms with Gasteiger partial charge in [0.15, 0.2) is 22.7 Å². The second-order valence-corrected chi connectivity index (χ2v) is 14.6. The van der Waals surface area contributed by atoms with Crippen LogP contribution in [-0.4, -0.2) is 9.25 Å². The Morgan fingerprint density at radius 3 is 2.15 bits per heavy atom. The van der Waals surface area contributed by atoms with Gasteiger partial charge in [0.25, 0.3) is 0 Å². The van der Waals surface area contributed by atoms with Crippen molar-refractivity contribution in [3.63, 3.8) is 0 Å². The minimum Gasteiger partial charge on any atom is -0.453 e. The second-order valence-electron chi connectivity index (χ2n) is 14.6. The van der Waals surface area contributed by atoms with Crippen molar-refractivity contribution in [3.8, 4) is 45.1 Å². The zero-order valence-corrected chi connectivity index (χ0v) is 29.1. The fourth-order valence-electron chi connectivity index (χ4n) is 10.3. The Hall–Kier alpha value is -6.92. The lowest BCUT2D eigenvalue weighted by Crippen LogP contribution is -2.77. The van der Waals surface area contributed by atoms with Crippen molar-refractivity contribution in [2.24, 2.45) is 0 Å². The minimum absolute atomic E-state index is 0.750. The molecule has 0 radical (unpaired) electrons. The van der Waals surface area contributed by atoms with Crippen molar-refractivity contribution in [3.05, 3.63) is 174 Å². The molecular formula is C47H31N5O+2. The zero-order valence-electron chi connectivity index (χ0n) is 29.1. The van der Waals surface area contributed by atoms with Crippen LogP contribution in [-0.2, 0) is 5.66 Å². The van der Waals surface area contributed by atoms with Gasteiger partial charge in [-0.2, -0.15) is 9.13 Å². The molecule has 1 spiro atoms.